The van der Waals surface area contributed by atoms with Gasteiger partial charge in [-0.25, -0.2) is 8.42 Å². The van der Waals surface area contributed by atoms with E-state index in [1.54, 1.807) is 25.1 Å². The van der Waals surface area contributed by atoms with Gasteiger partial charge < -0.3 is 9.84 Å². The fourth-order valence-electron chi connectivity index (χ4n) is 4.07. The predicted octanol–water partition coefficient (Wildman–Crippen LogP) is 2.10. The highest BCUT2D eigenvalue weighted by Gasteiger charge is 2.51. The zero-order valence-electron chi connectivity index (χ0n) is 14.4. The van der Waals surface area contributed by atoms with Crippen LogP contribution in [0.4, 0.5) is 0 Å². The lowest BCUT2D eigenvalue weighted by atomic mass is 9.75. The van der Waals surface area contributed by atoms with Gasteiger partial charge in [0.05, 0.1) is 24.8 Å². The molecule has 3 heterocycles. The van der Waals surface area contributed by atoms with Crippen LogP contribution in [0, 0.1) is 29.6 Å². The zero-order valence-corrected chi connectivity index (χ0v) is 16.1. The first-order valence-corrected chi connectivity index (χ1v) is 10.8. The summed E-state index contributed by atoms with van der Waals surface area (Å²) in [6, 6.07) is 7.35. The molecular formula is C18H20N2O4S2. The van der Waals surface area contributed by atoms with Gasteiger partial charge in [-0.3, -0.25) is 0 Å². The lowest BCUT2D eigenvalue weighted by Gasteiger charge is -2.36. The molecule has 1 N–H and O–H groups in total. The summed E-state index contributed by atoms with van der Waals surface area (Å²) >= 11 is 1.24. The highest BCUT2D eigenvalue weighted by Crippen LogP contribution is 2.45. The molecule has 0 radical (unpaired) electrons. The van der Waals surface area contributed by atoms with Crippen molar-refractivity contribution in [2.24, 2.45) is 11.3 Å². The fourth-order valence-corrected chi connectivity index (χ4v) is 7.53. The van der Waals surface area contributed by atoms with Gasteiger partial charge >= 0.3 is 0 Å². The number of sulfonamides is 1. The van der Waals surface area contributed by atoms with E-state index in [1.165, 1.54) is 15.6 Å². The number of hydrogen-bond donors (Lipinski definition) is 1. The summed E-state index contributed by atoms with van der Waals surface area (Å²) in [4.78, 5) is 0. The number of benzene rings is 1. The van der Waals surface area contributed by atoms with Crippen molar-refractivity contribution in [2.45, 2.75) is 17.6 Å². The number of aliphatic hydroxyl groups excluding tert-OH is 1. The van der Waals surface area contributed by atoms with Crippen molar-refractivity contribution in [1.82, 2.24) is 4.31 Å². The van der Waals surface area contributed by atoms with Crippen LogP contribution < -0.4 is 0 Å². The molecule has 138 valence electrons. The van der Waals surface area contributed by atoms with Gasteiger partial charge in [0.25, 0.3) is 10.0 Å². The molecule has 1 aromatic heterocycles. The Morgan fingerprint density at radius 2 is 2.31 bits per heavy atom. The smallest absolute Gasteiger partial charge is 0.252 e. The van der Waals surface area contributed by atoms with Gasteiger partial charge in [-0.1, -0.05) is 0 Å². The summed E-state index contributed by atoms with van der Waals surface area (Å²) in [5, 5.41) is 19.8. The largest absolute Gasteiger partial charge is 0.396 e. The van der Waals surface area contributed by atoms with Crippen molar-refractivity contribution in [1.29, 1.82) is 5.26 Å². The quantitative estimate of drug-likeness (QED) is 0.864. The summed E-state index contributed by atoms with van der Waals surface area (Å²) < 4.78 is 34.9. The van der Waals surface area contributed by atoms with E-state index >= 15 is 0 Å². The van der Waals surface area contributed by atoms with Gasteiger partial charge in [0.15, 0.2) is 0 Å². The lowest BCUT2D eigenvalue weighted by molar-refractivity contribution is -0.0414. The van der Waals surface area contributed by atoms with Crippen LogP contribution in [-0.4, -0.2) is 50.7 Å². The summed E-state index contributed by atoms with van der Waals surface area (Å²) in [5.74, 6) is 0.0240. The van der Waals surface area contributed by atoms with E-state index in [1.807, 2.05) is 0 Å². The van der Waals surface area contributed by atoms with Crippen LogP contribution >= 0.6 is 11.3 Å². The molecule has 2 atom stereocenters. The second-order valence-electron chi connectivity index (χ2n) is 7.18. The number of aryl methyl sites for hydroxylation is 1. The highest BCUT2D eigenvalue weighted by molar-refractivity contribution is 7.91. The first-order chi connectivity index (χ1) is 12.4. The molecule has 2 aliphatic heterocycles. The maximum Gasteiger partial charge on any atom is 0.252 e. The van der Waals surface area contributed by atoms with Gasteiger partial charge in [-0.2, -0.15) is 9.57 Å². The molecule has 4 rings (SSSR count). The maximum atomic E-state index is 13.3. The Balaban J connectivity index is 1.75. The van der Waals surface area contributed by atoms with Gasteiger partial charge in [0.1, 0.15) is 4.21 Å². The molecule has 0 bridgehead atoms. The molecule has 0 spiro atoms. The van der Waals surface area contributed by atoms with Crippen molar-refractivity contribution in [2.75, 3.05) is 32.9 Å². The standard InChI is InChI=1S/C18H20N2O4S2/c1-12-15-6-13(7-19)2-3-16(15)25-17(12)26(22,23)20-8-14-9-24-5-4-18(14,10-20)11-21/h2-3,6,14,21H,4-5,8-11H2,1H3/t14-,18-/m1/s1. The monoisotopic (exact) mass is 392 g/mol. The number of nitrogens with zero attached hydrogens (tertiary/aromatic N) is 2. The molecule has 2 saturated heterocycles. The molecule has 1 aromatic carbocycles. The van der Waals surface area contributed by atoms with E-state index in [0.717, 1.165) is 10.1 Å². The third-order valence-electron chi connectivity index (χ3n) is 5.76. The molecule has 2 aliphatic rings. The normalized spacial score (nSPS) is 26.7. The number of rotatable bonds is 3. The molecule has 0 saturated carbocycles. The van der Waals surface area contributed by atoms with Gasteiger partial charge in [-0.15, -0.1) is 11.3 Å². The topological polar surface area (TPSA) is 90.6 Å². The fraction of sp³-hybridized carbons (Fsp3) is 0.500. The number of nitriles is 1. The predicted molar refractivity (Wildman–Crippen MR) is 98.5 cm³/mol. The Kier molecular flexibility index (Phi) is 4.33. The molecule has 2 fully saturated rings. The summed E-state index contributed by atoms with van der Waals surface area (Å²) in [6.07, 6.45) is 0.678. The van der Waals surface area contributed by atoms with E-state index in [2.05, 4.69) is 6.07 Å². The molecule has 8 heteroatoms. The zero-order chi connectivity index (χ0) is 18.5. The van der Waals surface area contributed by atoms with Crippen LogP contribution in [0.2, 0.25) is 0 Å². The number of aliphatic hydroxyl groups is 1. The molecule has 2 aromatic rings. The highest BCUT2D eigenvalue weighted by atomic mass is 32.2. The number of hydrogen-bond acceptors (Lipinski definition) is 6. The van der Waals surface area contributed by atoms with Gasteiger partial charge in [-0.05, 0) is 42.5 Å². The molecule has 0 aliphatic carbocycles. The van der Waals surface area contributed by atoms with E-state index in [4.69, 9.17) is 10.00 Å². The summed E-state index contributed by atoms with van der Waals surface area (Å²) in [7, 11) is -3.65. The van der Waals surface area contributed by atoms with E-state index in [9.17, 15) is 13.5 Å². The van der Waals surface area contributed by atoms with Crippen LogP contribution in [0.5, 0.6) is 0 Å². The SMILES string of the molecule is Cc1c(S(=O)(=O)N2C[C@@H]3COCC[C@]3(CO)C2)sc2ccc(C#N)cc12. The number of ether oxygens (including phenoxy) is 1. The average molecular weight is 393 g/mol. The molecule has 0 unspecified atom stereocenters. The van der Waals surface area contributed by atoms with Crippen molar-refractivity contribution in [3.63, 3.8) is 0 Å². The molecular weight excluding hydrogens is 372 g/mol. The Hall–Kier alpha value is -1.50. The van der Waals surface area contributed by atoms with Crippen LogP contribution in [-0.2, 0) is 14.8 Å². The third kappa shape index (κ3) is 2.58. The maximum absolute atomic E-state index is 13.3. The van der Waals surface area contributed by atoms with Gasteiger partial charge in [0, 0.05) is 35.7 Å². The number of fused-ring (bicyclic) bond motifs is 2. The van der Waals surface area contributed by atoms with Crippen molar-refractivity contribution in [3.8, 4) is 6.07 Å². The third-order valence-corrected chi connectivity index (χ3v) is 9.44. The minimum absolute atomic E-state index is 0.0238. The van der Waals surface area contributed by atoms with Crippen LogP contribution in [0.25, 0.3) is 10.1 Å². The van der Waals surface area contributed by atoms with E-state index < -0.39 is 15.4 Å². The van der Waals surface area contributed by atoms with Crippen LogP contribution in [0.1, 0.15) is 17.5 Å². The van der Waals surface area contributed by atoms with Crippen molar-refractivity contribution in [3.05, 3.63) is 29.3 Å². The Morgan fingerprint density at radius 1 is 1.50 bits per heavy atom. The Morgan fingerprint density at radius 3 is 3.00 bits per heavy atom. The van der Waals surface area contributed by atoms with Crippen molar-refractivity contribution < 1.29 is 18.3 Å². The van der Waals surface area contributed by atoms with E-state index in [-0.39, 0.29) is 12.5 Å². The summed E-state index contributed by atoms with van der Waals surface area (Å²) in [6.45, 7) is 3.52. The average Bonchev–Trinajstić information content (AvgIpc) is 3.21. The minimum atomic E-state index is -3.65. The Labute approximate surface area is 156 Å². The number of thiophene rings is 1. The molecule has 0 amide bonds. The second-order valence-corrected chi connectivity index (χ2v) is 10.4. The van der Waals surface area contributed by atoms with Crippen molar-refractivity contribution >= 4 is 31.4 Å². The van der Waals surface area contributed by atoms with Gasteiger partial charge in [0.2, 0.25) is 0 Å². The molecule has 26 heavy (non-hydrogen) atoms. The lowest BCUT2D eigenvalue weighted by Crippen LogP contribution is -2.41. The minimum Gasteiger partial charge on any atom is -0.396 e. The second kappa shape index (κ2) is 6.29. The van der Waals surface area contributed by atoms with Crippen LogP contribution in [0.3, 0.4) is 0 Å². The Bertz CT molecular complexity index is 1010. The summed E-state index contributed by atoms with van der Waals surface area (Å²) in [5.41, 5.74) is 0.807. The van der Waals surface area contributed by atoms with E-state index in [0.29, 0.717) is 48.1 Å². The first-order valence-electron chi connectivity index (χ1n) is 8.53. The molecule has 6 nitrogen and oxygen atoms in total. The first kappa shape index (κ1) is 17.9. The van der Waals surface area contributed by atoms with Crippen LogP contribution in [0.15, 0.2) is 22.4 Å².